The van der Waals surface area contributed by atoms with Crippen molar-refractivity contribution in [1.29, 1.82) is 0 Å². The zero-order valence-electron chi connectivity index (χ0n) is 57.0. The summed E-state index contributed by atoms with van der Waals surface area (Å²) in [6.45, 7) is 63.7. The van der Waals surface area contributed by atoms with Crippen LogP contribution >= 0.6 is 0 Å². The second-order valence-corrected chi connectivity index (χ2v) is 15.3. The van der Waals surface area contributed by atoms with Crippen LogP contribution in [0.5, 0.6) is 0 Å². The SMILES string of the molecule is CC.CC.CC.CC.CC.CC.CC.CC.Cc1ccc(C)nc1.Cc1cccc(C)n1.Cc1ccnc(C)c1.Cc1ccnc(C)c1.Cc1cnc(C)cn1.Cc1cnc(C)nc1.Cc1cnc(C)nc1.Cc1cncc(C)c1. The minimum absolute atomic E-state index is 0.829. The van der Waals surface area contributed by atoms with Crippen molar-refractivity contribution < 1.29 is 0 Å². The number of rotatable bonds is 0. The average Bonchev–Trinajstić information content (AvgIpc) is 3.47. The van der Waals surface area contributed by atoms with E-state index in [4.69, 9.17) is 0 Å². The molecule has 0 aliphatic heterocycles. The van der Waals surface area contributed by atoms with E-state index in [1.54, 1.807) is 12.4 Å². The summed E-state index contributed by atoms with van der Waals surface area (Å²) in [6.07, 6.45) is 20.0. The van der Waals surface area contributed by atoms with E-state index >= 15 is 0 Å². The molecule has 0 amide bonds. The highest BCUT2D eigenvalue weighted by molar-refractivity contribution is 5.15. The van der Waals surface area contributed by atoms with Crippen molar-refractivity contribution in [3.63, 3.8) is 0 Å². The molecule has 0 N–H and O–H groups in total. The Balaban J connectivity index is -0.000000119. The van der Waals surface area contributed by atoms with Gasteiger partial charge < -0.3 is 0 Å². The van der Waals surface area contributed by atoms with Crippen molar-refractivity contribution in [2.45, 2.75) is 222 Å². The van der Waals surface area contributed by atoms with Gasteiger partial charge >= 0.3 is 0 Å². The van der Waals surface area contributed by atoms with Crippen LogP contribution in [0, 0.1) is 111 Å². The van der Waals surface area contributed by atoms with Crippen molar-refractivity contribution >= 4 is 0 Å². The molecule has 0 aliphatic rings. The Morgan fingerprint density at radius 3 is 0.713 bits per heavy atom. The molecular weight excluding hydrogens is 983 g/mol. The Bertz CT molecular complexity index is 1940. The lowest BCUT2D eigenvalue weighted by atomic mass is 10.2. The molecule has 0 fully saturated rings. The Morgan fingerprint density at radius 1 is 0.212 bits per heavy atom. The van der Waals surface area contributed by atoms with E-state index in [-0.39, 0.29) is 0 Å². The lowest BCUT2D eigenvalue weighted by Gasteiger charge is -1.90. The van der Waals surface area contributed by atoms with Crippen LogP contribution in [-0.4, -0.2) is 54.8 Å². The predicted molar refractivity (Wildman–Crippen MR) is 354 cm³/mol. The van der Waals surface area contributed by atoms with E-state index < -0.39 is 0 Å². The Kier molecular flexibility index (Phi) is 76.2. The highest BCUT2D eigenvalue weighted by Gasteiger charge is 1.87. The first-order chi connectivity index (χ1) is 38.3. The molecule has 0 radical (unpaired) electrons. The van der Waals surface area contributed by atoms with E-state index in [1.807, 2.05) is 300 Å². The fourth-order valence-corrected chi connectivity index (χ4v) is 4.67. The third-order valence-electron chi connectivity index (χ3n) is 7.93. The number of aromatic nitrogens is 11. The van der Waals surface area contributed by atoms with Crippen molar-refractivity contribution in [3.8, 4) is 0 Å². The summed E-state index contributed by atoms with van der Waals surface area (Å²) in [5.41, 5.74) is 15.8. The maximum atomic E-state index is 4.17. The van der Waals surface area contributed by atoms with E-state index in [2.05, 4.69) is 92.9 Å². The van der Waals surface area contributed by atoms with Crippen LogP contribution < -0.4 is 0 Å². The summed E-state index contributed by atoms with van der Waals surface area (Å²) < 4.78 is 0. The van der Waals surface area contributed by atoms with Gasteiger partial charge in [-0.25, -0.2) is 19.9 Å². The van der Waals surface area contributed by atoms with Crippen LogP contribution in [0.4, 0.5) is 0 Å². The fourth-order valence-electron chi connectivity index (χ4n) is 4.67. The lowest BCUT2D eigenvalue weighted by Crippen LogP contribution is -1.84. The minimum atomic E-state index is 0.829. The highest BCUT2D eigenvalue weighted by atomic mass is 14.8. The topological polar surface area (TPSA) is 142 Å². The van der Waals surface area contributed by atoms with Crippen LogP contribution in [0.3, 0.4) is 0 Å². The number of hydrogen-bond donors (Lipinski definition) is 0. The van der Waals surface area contributed by atoms with Gasteiger partial charge in [0.2, 0.25) is 0 Å². The van der Waals surface area contributed by atoms with Crippen LogP contribution in [0.2, 0.25) is 0 Å². The maximum Gasteiger partial charge on any atom is 0.125 e. The monoisotopic (exact) mass is 1100 g/mol. The molecule has 448 valence electrons. The van der Waals surface area contributed by atoms with Gasteiger partial charge in [-0.05, 0) is 192 Å². The van der Waals surface area contributed by atoms with Crippen LogP contribution in [0.1, 0.15) is 201 Å². The van der Waals surface area contributed by atoms with Gasteiger partial charge in [0, 0.05) is 96.6 Å². The highest BCUT2D eigenvalue weighted by Crippen LogP contribution is 1.99. The van der Waals surface area contributed by atoms with Crippen molar-refractivity contribution in [3.05, 3.63) is 219 Å². The molecule has 8 aromatic rings. The molecule has 8 heterocycles. The standard InChI is InChI=1S/5C7H9N.3C6H8N2.8C2H6/c1-6-3-7(2)5-8-4-6;2*1-6-3-4-8-7(2)5-6;1-6-3-4-7(2)8-5-6;1-6-4-3-5-7(2)8-6;1-5-3-8-6(2)4-7-5;2*1-5-3-7-6(2)8-4-5;8*1-2/h5*3-5H,1-2H3;3*3-4H,1-2H3;8*1-2H3. The van der Waals surface area contributed by atoms with Gasteiger partial charge in [-0.2, -0.15) is 0 Å². The molecule has 8 rings (SSSR count). The molecule has 0 aromatic carbocycles. The van der Waals surface area contributed by atoms with Crippen molar-refractivity contribution in [2.75, 3.05) is 0 Å². The molecule has 8 aromatic heterocycles. The van der Waals surface area contributed by atoms with E-state index in [0.29, 0.717) is 0 Å². The normalized spacial score (nSPS) is 8.00. The second kappa shape index (κ2) is 68.1. The smallest absolute Gasteiger partial charge is 0.125 e. The average molecular weight is 1100 g/mol. The summed E-state index contributed by atoms with van der Waals surface area (Å²) >= 11 is 0. The minimum Gasteiger partial charge on any atom is -0.264 e. The molecule has 0 atom stereocenters. The third-order valence-corrected chi connectivity index (χ3v) is 7.93. The number of aryl methyl sites for hydroxylation is 16. The zero-order chi connectivity index (χ0) is 63.9. The van der Waals surface area contributed by atoms with Crippen LogP contribution in [0.25, 0.3) is 0 Å². The predicted octanol–water partition coefficient (Wildman–Crippen LogP) is 20.0. The first kappa shape index (κ1) is 89.6. The van der Waals surface area contributed by atoms with Gasteiger partial charge in [0.25, 0.3) is 0 Å². The number of nitrogens with zero attached hydrogens (tertiary/aromatic N) is 11. The molecule has 11 heteroatoms. The second-order valence-electron chi connectivity index (χ2n) is 15.3. The van der Waals surface area contributed by atoms with Gasteiger partial charge in [-0.15, -0.1) is 0 Å². The molecule has 0 aliphatic carbocycles. The Hall–Kier alpha value is -7.01. The Labute approximate surface area is 493 Å². The van der Waals surface area contributed by atoms with Crippen molar-refractivity contribution in [2.24, 2.45) is 0 Å². The molecule has 0 unspecified atom stereocenters. The van der Waals surface area contributed by atoms with E-state index in [1.165, 1.54) is 27.8 Å². The molecule has 11 nitrogen and oxygen atoms in total. The van der Waals surface area contributed by atoms with Gasteiger partial charge in [-0.1, -0.05) is 129 Å². The summed E-state index contributed by atoms with van der Waals surface area (Å²) in [4.78, 5) is 44.2. The third kappa shape index (κ3) is 65.3. The molecule has 0 saturated carbocycles. The van der Waals surface area contributed by atoms with Gasteiger partial charge in [-0.3, -0.25) is 34.9 Å². The first-order valence-electron chi connectivity index (χ1n) is 29.0. The molecule has 80 heavy (non-hydrogen) atoms. The summed E-state index contributed by atoms with van der Waals surface area (Å²) in [7, 11) is 0. The maximum absolute atomic E-state index is 4.17. The zero-order valence-corrected chi connectivity index (χ0v) is 57.0. The van der Waals surface area contributed by atoms with Crippen LogP contribution in [-0.2, 0) is 0 Å². The van der Waals surface area contributed by atoms with Gasteiger partial charge in [0.15, 0.2) is 0 Å². The lowest BCUT2D eigenvalue weighted by molar-refractivity contribution is 1.03. The van der Waals surface area contributed by atoms with Crippen molar-refractivity contribution in [1.82, 2.24) is 54.8 Å². The summed E-state index contributed by atoms with van der Waals surface area (Å²) in [6, 6.07) is 20.3. The molecule has 0 bridgehead atoms. The number of pyridine rings is 5. The summed E-state index contributed by atoms with van der Waals surface area (Å²) in [5, 5.41) is 0. The van der Waals surface area contributed by atoms with Crippen LogP contribution in [0.15, 0.2) is 129 Å². The quantitative estimate of drug-likeness (QED) is 0.143. The molecular formula is C69H117N11. The van der Waals surface area contributed by atoms with Gasteiger partial charge in [0.05, 0.1) is 11.4 Å². The largest absolute Gasteiger partial charge is 0.264 e. The Morgan fingerprint density at radius 2 is 0.525 bits per heavy atom. The van der Waals surface area contributed by atoms with E-state index in [0.717, 1.165) is 62.6 Å². The molecule has 0 spiro atoms. The van der Waals surface area contributed by atoms with E-state index in [9.17, 15) is 0 Å². The summed E-state index contributed by atoms with van der Waals surface area (Å²) in [5.74, 6) is 1.66. The number of hydrogen-bond acceptors (Lipinski definition) is 11. The first-order valence-corrected chi connectivity index (χ1v) is 29.0. The fraction of sp³-hybridized carbons (Fsp3) is 0.464. The molecule has 0 saturated heterocycles. The van der Waals surface area contributed by atoms with Gasteiger partial charge in [0.1, 0.15) is 11.6 Å².